The minimum absolute atomic E-state index is 0.127. The van der Waals surface area contributed by atoms with Gasteiger partial charge in [-0.3, -0.25) is 4.98 Å². The Morgan fingerprint density at radius 1 is 1.27 bits per heavy atom. The van der Waals surface area contributed by atoms with Gasteiger partial charge in [0, 0.05) is 13.2 Å². The van der Waals surface area contributed by atoms with Crippen LogP contribution in [0.4, 0.5) is 0 Å². The number of carbonyl (C=O) groups excluding carboxylic acids is 1. The molecule has 0 amide bonds. The maximum Gasteiger partial charge on any atom is 0.338 e. The third kappa shape index (κ3) is 2.63. The number of ether oxygens (including phenoxy) is 2. The van der Waals surface area contributed by atoms with Gasteiger partial charge in [-0.15, -0.1) is 0 Å². The number of aryl methyl sites for hydroxylation is 1. The highest BCUT2D eigenvalue weighted by molar-refractivity contribution is 5.96. The topological polar surface area (TPSA) is 66.2 Å². The molecule has 2 aromatic heterocycles. The van der Waals surface area contributed by atoms with Gasteiger partial charge in [0.05, 0.1) is 30.2 Å². The number of nitrogens with zero attached hydrogens (tertiary/aromatic N) is 3. The summed E-state index contributed by atoms with van der Waals surface area (Å²) in [5.74, 6) is 0.152. The van der Waals surface area contributed by atoms with Gasteiger partial charge >= 0.3 is 5.97 Å². The first kappa shape index (κ1) is 14.1. The number of hydrogen-bond donors (Lipinski definition) is 0. The summed E-state index contributed by atoms with van der Waals surface area (Å²) in [6, 6.07) is 8.81. The second kappa shape index (κ2) is 5.85. The lowest BCUT2D eigenvalue weighted by molar-refractivity contribution is 0.0467. The summed E-state index contributed by atoms with van der Waals surface area (Å²) in [5.41, 5.74) is 2.62. The summed E-state index contributed by atoms with van der Waals surface area (Å²) in [4.78, 5) is 20.6. The van der Waals surface area contributed by atoms with E-state index in [9.17, 15) is 4.79 Å². The van der Waals surface area contributed by atoms with Crippen molar-refractivity contribution in [2.75, 3.05) is 7.11 Å². The van der Waals surface area contributed by atoms with Crippen LogP contribution in [0.3, 0.4) is 0 Å². The molecule has 6 nitrogen and oxygen atoms in total. The van der Waals surface area contributed by atoms with Crippen molar-refractivity contribution in [3.63, 3.8) is 0 Å². The summed E-state index contributed by atoms with van der Waals surface area (Å²) in [6.45, 7) is 0.127. The van der Waals surface area contributed by atoms with Crippen LogP contribution in [0.5, 0.6) is 5.75 Å². The summed E-state index contributed by atoms with van der Waals surface area (Å²) in [7, 11) is 3.43. The van der Waals surface area contributed by atoms with E-state index < -0.39 is 5.97 Å². The molecule has 0 atom stereocenters. The zero-order chi connectivity index (χ0) is 15.5. The number of aromatic nitrogens is 3. The number of fused-ring (bicyclic) bond motifs is 1. The molecule has 1 aromatic carbocycles. The van der Waals surface area contributed by atoms with E-state index in [1.165, 1.54) is 0 Å². The Hall–Kier alpha value is -2.89. The van der Waals surface area contributed by atoms with Crippen LogP contribution in [0.15, 0.2) is 42.9 Å². The minimum atomic E-state index is -0.434. The van der Waals surface area contributed by atoms with Crippen LogP contribution in [-0.2, 0) is 18.4 Å². The highest BCUT2D eigenvalue weighted by atomic mass is 16.5. The average molecular weight is 297 g/mol. The second-order valence-corrected chi connectivity index (χ2v) is 4.80. The Labute approximate surface area is 127 Å². The lowest BCUT2D eigenvalue weighted by Crippen LogP contribution is -2.06. The first-order valence-electron chi connectivity index (χ1n) is 6.75. The van der Waals surface area contributed by atoms with Crippen LogP contribution in [-0.4, -0.2) is 27.6 Å². The molecule has 0 radical (unpaired) electrons. The number of pyridine rings is 1. The van der Waals surface area contributed by atoms with Gasteiger partial charge < -0.3 is 14.0 Å². The van der Waals surface area contributed by atoms with Crippen molar-refractivity contribution in [2.45, 2.75) is 6.61 Å². The molecule has 112 valence electrons. The van der Waals surface area contributed by atoms with E-state index in [4.69, 9.17) is 9.47 Å². The van der Waals surface area contributed by atoms with E-state index in [2.05, 4.69) is 9.97 Å². The molecule has 0 aliphatic carbocycles. The molecule has 22 heavy (non-hydrogen) atoms. The van der Waals surface area contributed by atoms with Gasteiger partial charge in [0.15, 0.2) is 0 Å². The van der Waals surface area contributed by atoms with Crippen LogP contribution < -0.4 is 4.74 Å². The van der Waals surface area contributed by atoms with Crippen molar-refractivity contribution < 1.29 is 14.3 Å². The number of hydrogen-bond acceptors (Lipinski definition) is 5. The number of methoxy groups -OCH3 is 1. The first-order chi connectivity index (χ1) is 10.7. The highest BCUT2D eigenvalue weighted by Gasteiger charge is 2.15. The molecule has 0 aliphatic rings. The molecular weight excluding hydrogens is 282 g/mol. The number of rotatable bonds is 4. The third-order valence-electron chi connectivity index (χ3n) is 3.31. The smallest absolute Gasteiger partial charge is 0.338 e. The zero-order valence-electron chi connectivity index (χ0n) is 12.3. The number of imidazole rings is 1. The molecule has 6 heteroatoms. The summed E-state index contributed by atoms with van der Waals surface area (Å²) in [6.07, 6.45) is 3.34. The van der Waals surface area contributed by atoms with Crippen LogP contribution in [0.25, 0.3) is 11.0 Å². The molecular formula is C16H15N3O3. The highest BCUT2D eigenvalue weighted by Crippen LogP contribution is 2.26. The molecule has 0 aliphatic heterocycles. The van der Waals surface area contributed by atoms with E-state index in [0.29, 0.717) is 22.5 Å². The molecule has 0 unspecified atom stereocenters. The lowest BCUT2D eigenvalue weighted by Gasteiger charge is -2.08. The van der Waals surface area contributed by atoms with Gasteiger partial charge in [0.25, 0.3) is 0 Å². The minimum Gasteiger partial charge on any atom is -0.494 e. The molecule has 0 spiro atoms. The van der Waals surface area contributed by atoms with Crippen molar-refractivity contribution in [3.05, 3.63) is 54.1 Å². The quantitative estimate of drug-likeness (QED) is 0.691. The van der Waals surface area contributed by atoms with Crippen molar-refractivity contribution in [2.24, 2.45) is 7.05 Å². The van der Waals surface area contributed by atoms with Crippen LogP contribution in [0.2, 0.25) is 0 Å². The van der Waals surface area contributed by atoms with E-state index in [1.54, 1.807) is 37.8 Å². The predicted molar refractivity (Wildman–Crippen MR) is 80.6 cm³/mol. The molecule has 0 saturated carbocycles. The Morgan fingerprint density at radius 3 is 2.86 bits per heavy atom. The van der Waals surface area contributed by atoms with Crippen LogP contribution in [0, 0.1) is 0 Å². The Kier molecular flexibility index (Phi) is 3.74. The third-order valence-corrected chi connectivity index (χ3v) is 3.31. The molecule has 3 aromatic rings. The van der Waals surface area contributed by atoms with Gasteiger partial charge in [-0.25, -0.2) is 9.78 Å². The van der Waals surface area contributed by atoms with Crippen molar-refractivity contribution in [1.82, 2.24) is 14.5 Å². The number of carbonyl (C=O) groups is 1. The van der Waals surface area contributed by atoms with Crippen molar-refractivity contribution in [3.8, 4) is 5.75 Å². The van der Waals surface area contributed by atoms with E-state index in [-0.39, 0.29) is 6.61 Å². The average Bonchev–Trinajstić information content (AvgIpc) is 2.94. The lowest BCUT2D eigenvalue weighted by atomic mass is 10.2. The van der Waals surface area contributed by atoms with E-state index >= 15 is 0 Å². The fraction of sp³-hybridized carbons (Fsp3) is 0.188. The number of benzene rings is 1. The van der Waals surface area contributed by atoms with Crippen molar-refractivity contribution in [1.29, 1.82) is 0 Å². The maximum absolute atomic E-state index is 12.2. The normalized spacial score (nSPS) is 10.6. The standard InChI is InChI=1S/C16H15N3O3/c1-19-10-18-13-7-11(8-14(21-2)15(13)19)16(20)22-9-12-5-3-4-6-17-12/h3-8,10H,9H2,1-2H3. The molecule has 2 heterocycles. The summed E-state index contributed by atoms with van der Waals surface area (Å²) < 4.78 is 12.5. The number of esters is 1. The molecule has 0 bridgehead atoms. The van der Waals surface area contributed by atoms with Crippen molar-refractivity contribution >= 4 is 17.0 Å². The SMILES string of the molecule is COc1cc(C(=O)OCc2ccccn2)cc2ncn(C)c12. The Morgan fingerprint density at radius 2 is 2.14 bits per heavy atom. The van der Waals surface area contributed by atoms with E-state index in [0.717, 1.165) is 5.52 Å². The summed E-state index contributed by atoms with van der Waals surface area (Å²) in [5, 5.41) is 0. The molecule has 0 saturated heterocycles. The van der Waals surface area contributed by atoms with Crippen LogP contribution >= 0.6 is 0 Å². The van der Waals surface area contributed by atoms with Gasteiger partial charge in [-0.05, 0) is 24.3 Å². The fourth-order valence-electron chi connectivity index (χ4n) is 2.23. The Bertz CT molecular complexity index is 812. The van der Waals surface area contributed by atoms with Crippen LogP contribution in [0.1, 0.15) is 16.1 Å². The monoisotopic (exact) mass is 297 g/mol. The van der Waals surface area contributed by atoms with Gasteiger partial charge in [0.2, 0.25) is 0 Å². The first-order valence-corrected chi connectivity index (χ1v) is 6.75. The molecule has 3 rings (SSSR count). The largest absolute Gasteiger partial charge is 0.494 e. The Balaban J connectivity index is 1.85. The van der Waals surface area contributed by atoms with Gasteiger partial charge in [-0.1, -0.05) is 6.07 Å². The fourth-order valence-corrected chi connectivity index (χ4v) is 2.23. The molecule has 0 fully saturated rings. The van der Waals surface area contributed by atoms with Gasteiger partial charge in [0.1, 0.15) is 17.9 Å². The summed E-state index contributed by atoms with van der Waals surface area (Å²) >= 11 is 0. The molecule has 0 N–H and O–H groups in total. The predicted octanol–water partition coefficient (Wildman–Crippen LogP) is 2.33. The zero-order valence-corrected chi connectivity index (χ0v) is 12.3. The maximum atomic E-state index is 12.2. The van der Waals surface area contributed by atoms with Gasteiger partial charge in [-0.2, -0.15) is 0 Å². The second-order valence-electron chi connectivity index (χ2n) is 4.80. The van der Waals surface area contributed by atoms with E-state index in [1.807, 2.05) is 23.7 Å².